The van der Waals surface area contributed by atoms with E-state index in [2.05, 4.69) is 71.9 Å². The second-order valence-corrected chi connectivity index (χ2v) is 7.82. The number of aromatic nitrogens is 6. The van der Waals surface area contributed by atoms with E-state index in [1.54, 1.807) is 24.8 Å². The van der Waals surface area contributed by atoms with Gasteiger partial charge in [-0.15, -0.1) is 0 Å². The zero-order chi connectivity index (χ0) is 22.2. The molecule has 0 saturated carbocycles. The van der Waals surface area contributed by atoms with E-state index in [4.69, 9.17) is 9.97 Å². The van der Waals surface area contributed by atoms with E-state index in [1.165, 1.54) is 11.1 Å². The second kappa shape index (κ2) is 8.04. The van der Waals surface area contributed by atoms with Gasteiger partial charge in [0, 0.05) is 35.9 Å². The largest absolute Gasteiger partial charge is 0.251 e. The smallest absolute Gasteiger partial charge is 0.120 e. The van der Waals surface area contributed by atoms with Gasteiger partial charge < -0.3 is 0 Å². The van der Waals surface area contributed by atoms with E-state index in [9.17, 15) is 0 Å². The molecule has 6 heteroatoms. The molecule has 0 aliphatic carbocycles. The first kappa shape index (κ1) is 20.1. The Balaban J connectivity index is 2.06. The highest BCUT2D eigenvalue weighted by molar-refractivity contribution is 6.19. The van der Waals surface area contributed by atoms with E-state index >= 15 is 0 Å². The molecule has 0 spiro atoms. The van der Waals surface area contributed by atoms with Crippen molar-refractivity contribution in [2.75, 3.05) is 0 Å². The van der Waals surface area contributed by atoms with Gasteiger partial charge in [-0.25, -0.2) is 9.97 Å². The first-order chi connectivity index (χ1) is 15.7. The number of hydrogen-bond donors (Lipinski definition) is 0. The Kier molecular flexibility index (Phi) is 5.05. The molecule has 0 fully saturated rings. The molecule has 158 valence electrons. The van der Waals surface area contributed by atoms with Crippen LogP contribution in [-0.4, -0.2) is 29.9 Å². The lowest BCUT2D eigenvalue weighted by Gasteiger charge is -2.15. The fourth-order valence-corrected chi connectivity index (χ4v) is 4.15. The highest BCUT2D eigenvalue weighted by Crippen LogP contribution is 2.35. The van der Waals surface area contributed by atoms with Crippen LogP contribution in [0.5, 0.6) is 0 Å². The van der Waals surface area contributed by atoms with Crippen LogP contribution in [0.1, 0.15) is 48.9 Å². The average molecular weight is 421 g/mol. The summed E-state index contributed by atoms with van der Waals surface area (Å²) in [6, 6.07) is 0. The first-order valence-electron chi connectivity index (χ1n) is 11.0. The van der Waals surface area contributed by atoms with Gasteiger partial charge in [0.05, 0.1) is 11.0 Å². The molecule has 0 radical (unpaired) electrons. The Morgan fingerprint density at radius 2 is 0.875 bits per heavy atom. The summed E-state index contributed by atoms with van der Waals surface area (Å²) in [7, 11) is 0. The minimum atomic E-state index is 0.692. The lowest BCUT2D eigenvalue weighted by molar-refractivity contribution is 1.22. The summed E-state index contributed by atoms with van der Waals surface area (Å²) >= 11 is 0. The molecule has 0 amide bonds. The van der Waals surface area contributed by atoms with Gasteiger partial charge in [0.15, 0.2) is 0 Å². The number of nitrogens with zero attached hydrogens (tertiary/aromatic N) is 6. The van der Waals surface area contributed by atoms with Crippen LogP contribution in [0, 0.1) is 13.8 Å². The van der Waals surface area contributed by atoms with Crippen molar-refractivity contribution in [1.29, 1.82) is 0 Å². The Morgan fingerprint density at radius 1 is 0.531 bits per heavy atom. The van der Waals surface area contributed by atoms with Crippen molar-refractivity contribution < 1.29 is 0 Å². The van der Waals surface area contributed by atoms with Gasteiger partial charge in [-0.2, -0.15) is 0 Å². The summed E-state index contributed by atoms with van der Waals surface area (Å²) < 4.78 is 0. The number of allylic oxidation sites excluding steroid dienone is 2. The predicted octanol–water partition coefficient (Wildman–Crippen LogP) is 6.13. The average Bonchev–Trinajstić information content (AvgIpc) is 2.83. The van der Waals surface area contributed by atoms with Gasteiger partial charge in [0.25, 0.3) is 0 Å². The summed E-state index contributed by atoms with van der Waals surface area (Å²) in [6.07, 6.45) is 17.3. The first-order valence-corrected chi connectivity index (χ1v) is 11.0. The van der Waals surface area contributed by atoms with Crippen LogP contribution in [0.25, 0.3) is 56.3 Å². The number of rotatable bonds is 4. The lowest BCUT2D eigenvalue weighted by atomic mass is 9.94. The Bertz CT molecular complexity index is 1450. The van der Waals surface area contributed by atoms with Crippen LogP contribution < -0.4 is 0 Å². The Labute approximate surface area is 186 Å². The summed E-state index contributed by atoms with van der Waals surface area (Å²) in [4.78, 5) is 28.6. The van der Waals surface area contributed by atoms with Gasteiger partial charge in [0.1, 0.15) is 33.1 Å². The summed E-state index contributed by atoms with van der Waals surface area (Å²) in [5, 5.41) is 0. The molecule has 0 aliphatic heterocycles. The number of benzene rings is 2. The maximum Gasteiger partial charge on any atom is 0.120 e. The predicted molar refractivity (Wildman–Crippen MR) is 131 cm³/mol. The maximum atomic E-state index is 5.16. The highest BCUT2D eigenvalue weighted by atomic mass is 14.9. The third kappa shape index (κ3) is 3.02. The second-order valence-electron chi connectivity index (χ2n) is 7.82. The lowest BCUT2D eigenvalue weighted by Crippen LogP contribution is -2.01. The van der Waals surface area contributed by atoms with Crippen LogP contribution in [0.4, 0.5) is 0 Å². The van der Waals surface area contributed by atoms with Crippen molar-refractivity contribution >= 4 is 56.3 Å². The van der Waals surface area contributed by atoms with E-state index < -0.39 is 0 Å². The number of fused-ring (bicyclic) bond motifs is 7. The normalized spacial score (nSPS) is 12.4. The molecule has 2 aromatic carbocycles. The molecule has 5 rings (SSSR count). The van der Waals surface area contributed by atoms with Crippen LogP contribution in [-0.2, 0) is 0 Å². The van der Waals surface area contributed by atoms with E-state index in [0.717, 1.165) is 35.0 Å². The Hall–Kier alpha value is -3.80. The third-order valence-corrected chi connectivity index (χ3v) is 5.89. The monoisotopic (exact) mass is 420 g/mol. The zero-order valence-corrected chi connectivity index (χ0v) is 18.7. The molecule has 3 heterocycles. The molecular weight excluding hydrogens is 396 g/mol. The van der Waals surface area contributed by atoms with Crippen molar-refractivity contribution in [3.63, 3.8) is 0 Å². The van der Waals surface area contributed by atoms with Gasteiger partial charge in [0.2, 0.25) is 0 Å². The fourth-order valence-electron chi connectivity index (χ4n) is 4.15. The van der Waals surface area contributed by atoms with Crippen molar-refractivity contribution in [1.82, 2.24) is 29.9 Å². The van der Waals surface area contributed by atoms with E-state index in [1.807, 2.05) is 0 Å². The summed E-state index contributed by atoms with van der Waals surface area (Å²) in [6.45, 7) is 8.58. The summed E-state index contributed by atoms with van der Waals surface area (Å²) in [5.41, 5.74) is 10.5. The van der Waals surface area contributed by atoms with E-state index in [0.29, 0.717) is 33.1 Å². The van der Waals surface area contributed by atoms with Gasteiger partial charge in [-0.1, -0.05) is 38.2 Å². The standard InChI is InChI=1S/C26H24N6/c1-5-7-9-17-15(3)16(4)18(10-8-6-2)20-19(17)31-25-23-21(27-11-13-29-23)22-24(26(25)32-20)30-14-12-28-22/h7-14H,5-6H2,1-4H3/b9-7-,10-8-. The van der Waals surface area contributed by atoms with Crippen LogP contribution in [0.3, 0.4) is 0 Å². The third-order valence-electron chi connectivity index (χ3n) is 5.89. The number of hydrogen-bond acceptors (Lipinski definition) is 6. The fraction of sp³-hybridized carbons (Fsp3) is 0.231. The van der Waals surface area contributed by atoms with E-state index in [-0.39, 0.29) is 0 Å². The van der Waals surface area contributed by atoms with Gasteiger partial charge in [-0.05, 0) is 37.8 Å². The Morgan fingerprint density at radius 3 is 1.22 bits per heavy atom. The van der Waals surface area contributed by atoms with Crippen molar-refractivity contribution in [3.05, 3.63) is 59.2 Å². The van der Waals surface area contributed by atoms with Crippen LogP contribution in [0.2, 0.25) is 0 Å². The van der Waals surface area contributed by atoms with Crippen molar-refractivity contribution in [2.24, 2.45) is 0 Å². The van der Waals surface area contributed by atoms with Crippen molar-refractivity contribution in [3.8, 4) is 0 Å². The molecule has 32 heavy (non-hydrogen) atoms. The van der Waals surface area contributed by atoms with Crippen LogP contribution >= 0.6 is 0 Å². The minimum absolute atomic E-state index is 0.692. The topological polar surface area (TPSA) is 77.3 Å². The molecule has 3 aromatic heterocycles. The molecule has 5 aromatic rings. The van der Waals surface area contributed by atoms with Gasteiger partial charge >= 0.3 is 0 Å². The molecular formula is C26H24N6. The quantitative estimate of drug-likeness (QED) is 0.257. The molecule has 0 bridgehead atoms. The van der Waals surface area contributed by atoms with Crippen molar-refractivity contribution in [2.45, 2.75) is 40.5 Å². The molecule has 0 saturated heterocycles. The molecule has 6 nitrogen and oxygen atoms in total. The highest BCUT2D eigenvalue weighted by Gasteiger charge is 2.19. The van der Waals surface area contributed by atoms with Gasteiger partial charge in [-0.3, -0.25) is 19.9 Å². The molecule has 0 aliphatic rings. The molecule has 0 N–H and O–H groups in total. The molecule has 0 unspecified atom stereocenters. The minimum Gasteiger partial charge on any atom is -0.251 e. The summed E-state index contributed by atoms with van der Waals surface area (Å²) in [5.74, 6) is 0. The maximum absolute atomic E-state index is 5.16. The molecule has 0 atom stereocenters. The zero-order valence-electron chi connectivity index (χ0n) is 18.7. The SMILES string of the molecule is CC/C=C\c1c(C)c(C)c(/C=C\CC)c2nc3c4nccnc4c4nccnc4c3nc12. The van der Waals surface area contributed by atoms with Crippen LogP contribution in [0.15, 0.2) is 36.9 Å².